The molecule has 0 aliphatic rings. The Labute approximate surface area is 169 Å². The first-order chi connectivity index (χ1) is 13.4. The number of rotatable bonds is 10. The van der Waals surface area contributed by atoms with Crippen molar-refractivity contribution in [3.8, 4) is 0 Å². The fourth-order valence-corrected chi connectivity index (χ4v) is 4.04. The maximum atomic E-state index is 12.3. The van der Waals surface area contributed by atoms with Crippen molar-refractivity contribution in [2.75, 3.05) is 45.2 Å². The molecule has 0 atom stereocenters. The van der Waals surface area contributed by atoms with E-state index in [1.165, 1.54) is 23.3 Å². The molecule has 154 valence electrons. The van der Waals surface area contributed by atoms with Crippen LogP contribution in [0.1, 0.15) is 41.8 Å². The molecular weight excluding hydrogens is 380 g/mol. The first kappa shape index (κ1) is 22.0. The lowest BCUT2D eigenvalue weighted by molar-refractivity contribution is -0.894. The predicted molar refractivity (Wildman–Crippen MR) is 109 cm³/mol. The van der Waals surface area contributed by atoms with Crippen LogP contribution in [0, 0.1) is 6.92 Å². The van der Waals surface area contributed by atoms with Gasteiger partial charge in [-0.15, -0.1) is 11.3 Å². The van der Waals surface area contributed by atoms with Crippen molar-refractivity contribution in [1.82, 2.24) is 9.97 Å². The van der Waals surface area contributed by atoms with E-state index in [-0.39, 0.29) is 12.4 Å². The molecule has 2 aromatic rings. The monoisotopic (exact) mass is 409 g/mol. The lowest BCUT2D eigenvalue weighted by Crippen LogP contribution is -3.12. The number of carbonyl (C=O) groups excluding carboxylic acids is 2. The molecule has 0 fully saturated rings. The van der Waals surface area contributed by atoms with Gasteiger partial charge in [-0.3, -0.25) is 4.79 Å². The molecule has 28 heavy (non-hydrogen) atoms. The van der Waals surface area contributed by atoms with E-state index in [1.807, 2.05) is 6.92 Å². The number of methoxy groups -OCH3 is 1. The van der Waals surface area contributed by atoms with Crippen LogP contribution in [0.2, 0.25) is 0 Å². The van der Waals surface area contributed by atoms with Gasteiger partial charge in [-0.1, -0.05) is 0 Å². The average molecular weight is 410 g/mol. The number of aryl methyl sites for hydroxylation is 1. The number of nitrogens with zero attached hydrogens (tertiary/aromatic N) is 2. The molecule has 0 amide bonds. The number of anilines is 1. The summed E-state index contributed by atoms with van der Waals surface area (Å²) in [5, 5.41) is 4.18. The van der Waals surface area contributed by atoms with Gasteiger partial charge in [0.15, 0.2) is 0 Å². The first-order valence-corrected chi connectivity index (χ1v) is 10.4. The van der Waals surface area contributed by atoms with Crippen molar-refractivity contribution in [2.45, 2.75) is 34.1 Å². The van der Waals surface area contributed by atoms with Gasteiger partial charge in [0.05, 0.1) is 45.3 Å². The largest absolute Gasteiger partial charge is 0.469 e. The van der Waals surface area contributed by atoms with Crippen LogP contribution in [-0.2, 0) is 20.7 Å². The topological polar surface area (TPSA) is 94.8 Å². The Morgan fingerprint density at radius 1 is 1.18 bits per heavy atom. The Morgan fingerprint density at radius 2 is 1.89 bits per heavy atom. The van der Waals surface area contributed by atoms with Gasteiger partial charge in [0, 0.05) is 0 Å². The molecule has 0 aliphatic heterocycles. The predicted octanol–water partition coefficient (Wildman–Crippen LogP) is 1.23. The number of esters is 2. The Hall–Kier alpha value is -2.26. The Bertz CT molecular complexity index is 833. The smallest absolute Gasteiger partial charge is 0.348 e. The summed E-state index contributed by atoms with van der Waals surface area (Å²) < 4.78 is 9.89. The van der Waals surface area contributed by atoms with Crippen molar-refractivity contribution in [1.29, 1.82) is 0 Å². The van der Waals surface area contributed by atoms with Crippen molar-refractivity contribution in [2.24, 2.45) is 0 Å². The zero-order chi connectivity index (χ0) is 20.7. The molecule has 2 N–H and O–H groups in total. The van der Waals surface area contributed by atoms with Crippen LogP contribution in [0.4, 0.5) is 5.82 Å². The number of hydrogen-bond acceptors (Lipinski definition) is 8. The molecule has 9 heteroatoms. The van der Waals surface area contributed by atoms with Gasteiger partial charge in [0.1, 0.15) is 27.8 Å². The maximum absolute atomic E-state index is 12.3. The molecule has 8 nitrogen and oxygen atoms in total. The van der Waals surface area contributed by atoms with E-state index in [0.717, 1.165) is 37.1 Å². The summed E-state index contributed by atoms with van der Waals surface area (Å²) in [6, 6.07) is 0. The van der Waals surface area contributed by atoms with Gasteiger partial charge >= 0.3 is 11.9 Å². The van der Waals surface area contributed by atoms with E-state index >= 15 is 0 Å². The number of nitrogens with one attached hydrogen (secondary N) is 2. The third-order valence-corrected chi connectivity index (χ3v) is 5.76. The van der Waals surface area contributed by atoms with Gasteiger partial charge in [0.25, 0.3) is 0 Å². The second-order valence-electron chi connectivity index (χ2n) is 6.33. The minimum Gasteiger partial charge on any atom is -0.469 e. The number of thiophene rings is 1. The standard InChI is InChI=1S/C19H28N4O4S/c1-6-23(7-2)10-9-20-17-15-12(4)16(19(25)27-8-3)28-18(15)22-13(21-17)11-14(24)26-5/h6-11H2,1-5H3,(H,20,21,22)/p+1. The lowest BCUT2D eigenvalue weighted by Gasteiger charge is -2.16. The molecule has 0 bridgehead atoms. The van der Waals surface area contributed by atoms with Gasteiger partial charge in [-0.05, 0) is 33.3 Å². The number of likely N-dealkylation sites (N-methyl/N-ethyl adjacent to an activating group) is 1. The molecule has 0 spiro atoms. The molecule has 0 aromatic carbocycles. The van der Waals surface area contributed by atoms with Crippen molar-refractivity contribution in [3.05, 3.63) is 16.3 Å². The fourth-order valence-electron chi connectivity index (χ4n) is 2.94. The molecule has 2 heterocycles. The maximum Gasteiger partial charge on any atom is 0.348 e. The number of hydrogen-bond donors (Lipinski definition) is 2. The highest BCUT2D eigenvalue weighted by atomic mass is 32.1. The number of fused-ring (bicyclic) bond motifs is 1. The van der Waals surface area contributed by atoms with E-state index in [1.54, 1.807) is 6.92 Å². The van der Waals surface area contributed by atoms with Crippen molar-refractivity contribution in [3.63, 3.8) is 0 Å². The molecule has 2 rings (SSSR count). The quantitative estimate of drug-likeness (QED) is 0.570. The number of aromatic nitrogens is 2. The van der Waals surface area contributed by atoms with E-state index in [2.05, 4.69) is 29.1 Å². The summed E-state index contributed by atoms with van der Waals surface area (Å²) in [6.45, 7) is 12.0. The Kier molecular flexibility index (Phi) is 8.13. The SMILES string of the molecule is CCOC(=O)c1sc2nc(CC(=O)OC)nc(NCC[NH+](CC)CC)c2c1C. The minimum atomic E-state index is -0.406. The van der Waals surface area contributed by atoms with Gasteiger partial charge in [-0.25, -0.2) is 14.8 Å². The van der Waals surface area contributed by atoms with E-state index < -0.39 is 5.97 Å². The molecule has 0 saturated carbocycles. The van der Waals surface area contributed by atoms with Gasteiger partial charge < -0.3 is 19.7 Å². The molecule has 0 saturated heterocycles. The third kappa shape index (κ3) is 5.17. The highest BCUT2D eigenvalue weighted by molar-refractivity contribution is 7.20. The third-order valence-electron chi connectivity index (χ3n) is 4.60. The lowest BCUT2D eigenvalue weighted by atomic mass is 10.2. The Balaban J connectivity index is 2.41. The molecule has 2 aromatic heterocycles. The zero-order valence-electron chi connectivity index (χ0n) is 17.2. The molecule has 0 aliphatic carbocycles. The van der Waals surface area contributed by atoms with Crippen LogP contribution >= 0.6 is 11.3 Å². The molecule has 0 unspecified atom stereocenters. The summed E-state index contributed by atoms with van der Waals surface area (Å²) >= 11 is 1.26. The molecule has 0 radical (unpaired) electrons. The normalized spacial score (nSPS) is 11.1. The number of carbonyl (C=O) groups is 2. The van der Waals surface area contributed by atoms with E-state index in [4.69, 9.17) is 9.47 Å². The summed E-state index contributed by atoms with van der Waals surface area (Å²) in [6.07, 6.45) is -0.0197. The van der Waals surface area contributed by atoms with Crippen LogP contribution in [0.3, 0.4) is 0 Å². The van der Waals surface area contributed by atoms with Crippen LogP contribution in [0.25, 0.3) is 10.2 Å². The van der Waals surface area contributed by atoms with Crippen molar-refractivity contribution < 1.29 is 24.0 Å². The average Bonchev–Trinajstić information content (AvgIpc) is 3.02. The zero-order valence-corrected chi connectivity index (χ0v) is 18.0. The summed E-state index contributed by atoms with van der Waals surface area (Å²) in [7, 11) is 1.33. The van der Waals surface area contributed by atoms with E-state index in [9.17, 15) is 9.59 Å². The van der Waals surface area contributed by atoms with Gasteiger partial charge in [-0.2, -0.15) is 0 Å². The highest BCUT2D eigenvalue weighted by Gasteiger charge is 2.22. The van der Waals surface area contributed by atoms with Crippen LogP contribution < -0.4 is 10.2 Å². The van der Waals surface area contributed by atoms with Crippen LogP contribution in [0.15, 0.2) is 0 Å². The van der Waals surface area contributed by atoms with Gasteiger partial charge in [0.2, 0.25) is 0 Å². The van der Waals surface area contributed by atoms with Crippen molar-refractivity contribution >= 4 is 39.3 Å². The second kappa shape index (κ2) is 10.3. The summed E-state index contributed by atoms with van der Waals surface area (Å²) in [5.41, 5.74) is 0.792. The fraction of sp³-hybridized carbons (Fsp3) is 0.579. The first-order valence-electron chi connectivity index (χ1n) is 9.56. The Morgan fingerprint density at radius 3 is 2.50 bits per heavy atom. The van der Waals surface area contributed by atoms with Crippen LogP contribution in [0.5, 0.6) is 0 Å². The molecular formula is C19H29N4O4S+. The van der Waals surface area contributed by atoms with E-state index in [0.29, 0.717) is 28.0 Å². The summed E-state index contributed by atoms with van der Waals surface area (Å²) in [5.74, 6) is 0.237. The minimum absolute atomic E-state index is 0.0197. The second-order valence-corrected chi connectivity index (χ2v) is 7.33. The highest BCUT2D eigenvalue weighted by Crippen LogP contribution is 2.34. The number of quaternary nitrogens is 1. The van der Waals surface area contributed by atoms with Crippen LogP contribution in [-0.4, -0.2) is 61.8 Å². The number of ether oxygens (including phenoxy) is 2. The summed E-state index contributed by atoms with van der Waals surface area (Å²) in [4.78, 5) is 35.6.